The number of carbonyl (C=O) groups is 1. The number of piperidine rings is 1. The highest BCUT2D eigenvalue weighted by Crippen LogP contribution is 2.28. The van der Waals surface area contributed by atoms with E-state index in [9.17, 15) is 13.2 Å². The van der Waals surface area contributed by atoms with E-state index in [1.807, 2.05) is 48.5 Å². The molecule has 1 aliphatic heterocycles. The van der Waals surface area contributed by atoms with E-state index >= 15 is 0 Å². The fourth-order valence-corrected chi connectivity index (χ4v) is 5.96. The van der Waals surface area contributed by atoms with Gasteiger partial charge in [-0.2, -0.15) is 4.31 Å². The quantitative estimate of drug-likeness (QED) is 0.430. The molecule has 1 fully saturated rings. The van der Waals surface area contributed by atoms with E-state index < -0.39 is 10.0 Å². The number of amides is 1. The first kappa shape index (κ1) is 22.3. The maximum absolute atomic E-state index is 13.0. The molecular weight excluding hydrogens is 448 g/mol. The molecule has 4 aromatic rings. The molecule has 0 spiro atoms. The Morgan fingerprint density at radius 3 is 2.53 bits per heavy atom. The lowest BCUT2D eigenvalue weighted by Gasteiger charge is -2.30. The van der Waals surface area contributed by atoms with Gasteiger partial charge in [-0.25, -0.2) is 13.4 Å². The predicted octanol–water partition coefficient (Wildman–Crippen LogP) is 4.90. The van der Waals surface area contributed by atoms with Crippen molar-refractivity contribution in [3.8, 4) is 11.4 Å². The van der Waals surface area contributed by atoms with Crippen molar-refractivity contribution in [3.05, 3.63) is 78.4 Å². The van der Waals surface area contributed by atoms with Crippen LogP contribution in [-0.4, -0.2) is 41.7 Å². The fourth-order valence-electron chi connectivity index (χ4n) is 4.37. The molecule has 1 aromatic heterocycles. The zero-order valence-electron chi connectivity index (χ0n) is 18.9. The number of aromatic amines is 1. The number of para-hydroxylation sites is 3. The van der Waals surface area contributed by atoms with Gasteiger partial charge in [-0.05, 0) is 67.3 Å². The molecule has 0 unspecified atom stereocenters. The van der Waals surface area contributed by atoms with Gasteiger partial charge in [0.05, 0.1) is 21.6 Å². The minimum atomic E-state index is -3.56. The number of benzene rings is 3. The summed E-state index contributed by atoms with van der Waals surface area (Å²) in [5.41, 5.74) is 3.53. The number of nitrogens with zero attached hydrogens (tertiary/aromatic N) is 2. The molecule has 5 rings (SSSR count). The number of fused-ring (bicyclic) bond motifs is 1. The Labute approximate surface area is 198 Å². The Bertz CT molecular complexity index is 1410. The molecule has 1 aliphatic rings. The van der Waals surface area contributed by atoms with Crippen LogP contribution < -0.4 is 5.32 Å². The topological polar surface area (TPSA) is 95.2 Å². The molecule has 1 saturated heterocycles. The fraction of sp³-hybridized carbons (Fsp3) is 0.231. The second-order valence-corrected chi connectivity index (χ2v) is 10.7. The second kappa shape index (κ2) is 9.04. The number of sulfonamides is 1. The van der Waals surface area contributed by atoms with Crippen molar-refractivity contribution < 1.29 is 13.2 Å². The number of rotatable bonds is 5. The third-order valence-corrected chi connectivity index (χ3v) is 8.07. The van der Waals surface area contributed by atoms with Gasteiger partial charge < -0.3 is 10.3 Å². The lowest BCUT2D eigenvalue weighted by molar-refractivity contribution is 0.102. The first-order chi connectivity index (χ1) is 16.4. The lowest BCUT2D eigenvalue weighted by atomic mass is 10.0. The van der Waals surface area contributed by atoms with Gasteiger partial charge in [-0.15, -0.1) is 0 Å². The van der Waals surface area contributed by atoms with Gasteiger partial charge in [0.15, 0.2) is 0 Å². The molecular formula is C26H26N4O3S. The van der Waals surface area contributed by atoms with E-state index in [0.29, 0.717) is 36.1 Å². The van der Waals surface area contributed by atoms with Crippen molar-refractivity contribution in [1.82, 2.24) is 14.3 Å². The van der Waals surface area contributed by atoms with E-state index in [1.54, 1.807) is 16.4 Å². The van der Waals surface area contributed by atoms with Crippen molar-refractivity contribution in [2.75, 3.05) is 18.4 Å². The molecule has 0 saturated carbocycles. The summed E-state index contributed by atoms with van der Waals surface area (Å²) < 4.78 is 27.5. The number of hydrogen-bond donors (Lipinski definition) is 2. The maximum Gasteiger partial charge on any atom is 0.255 e. The lowest BCUT2D eigenvalue weighted by Crippen LogP contribution is -2.39. The largest absolute Gasteiger partial charge is 0.338 e. The summed E-state index contributed by atoms with van der Waals surface area (Å²) >= 11 is 0. The molecule has 3 aromatic carbocycles. The molecule has 7 nitrogen and oxygen atoms in total. The number of H-pyrrole nitrogens is 1. The molecule has 34 heavy (non-hydrogen) atoms. The molecule has 0 radical (unpaired) electrons. The van der Waals surface area contributed by atoms with Crippen LogP contribution >= 0.6 is 0 Å². The van der Waals surface area contributed by atoms with Crippen LogP contribution in [0.5, 0.6) is 0 Å². The van der Waals surface area contributed by atoms with E-state index in [4.69, 9.17) is 0 Å². The second-order valence-electron chi connectivity index (χ2n) is 8.74. The summed E-state index contributed by atoms with van der Waals surface area (Å²) in [5.74, 6) is 0.689. The van der Waals surface area contributed by atoms with Gasteiger partial charge in [0.1, 0.15) is 5.82 Å². The summed E-state index contributed by atoms with van der Waals surface area (Å²) in [6.07, 6.45) is 1.91. The molecule has 1 amide bonds. The highest BCUT2D eigenvalue weighted by molar-refractivity contribution is 7.89. The zero-order valence-corrected chi connectivity index (χ0v) is 19.7. The Hall–Kier alpha value is -3.49. The number of hydrogen-bond acceptors (Lipinski definition) is 4. The molecule has 174 valence electrons. The van der Waals surface area contributed by atoms with Crippen molar-refractivity contribution in [2.24, 2.45) is 5.92 Å². The number of nitrogens with one attached hydrogen (secondary N) is 2. The zero-order chi connectivity index (χ0) is 23.7. The third kappa shape index (κ3) is 4.34. The molecule has 2 N–H and O–H groups in total. The monoisotopic (exact) mass is 474 g/mol. The minimum absolute atomic E-state index is 0.209. The Kier molecular flexibility index (Phi) is 5.93. The molecule has 2 heterocycles. The average Bonchev–Trinajstić information content (AvgIpc) is 3.28. The van der Waals surface area contributed by atoms with E-state index in [0.717, 1.165) is 29.4 Å². The average molecular weight is 475 g/mol. The Balaban J connectivity index is 1.36. The van der Waals surface area contributed by atoms with Crippen molar-refractivity contribution >= 4 is 32.7 Å². The van der Waals surface area contributed by atoms with Crippen LogP contribution in [0.25, 0.3) is 22.4 Å². The van der Waals surface area contributed by atoms with E-state index in [-0.39, 0.29) is 10.8 Å². The van der Waals surface area contributed by atoms with E-state index in [1.165, 1.54) is 12.1 Å². The van der Waals surface area contributed by atoms with Crippen LogP contribution in [0.1, 0.15) is 30.1 Å². The van der Waals surface area contributed by atoms with Crippen molar-refractivity contribution in [1.29, 1.82) is 0 Å². The van der Waals surface area contributed by atoms with Crippen molar-refractivity contribution in [2.45, 2.75) is 24.7 Å². The summed E-state index contributed by atoms with van der Waals surface area (Å²) in [6.45, 7) is 3.13. The Morgan fingerprint density at radius 2 is 1.76 bits per heavy atom. The van der Waals surface area contributed by atoms with Gasteiger partial charge in [-0.3, -0.25) is 4.79 Å². The van der Waals surface area contributed by atoms with Crippen LogP contribution in [0, 0.1) is 5.92 Å². The van der Waals surface area contributed by atoms with Crippen LogP contribution in [0.4, 0.5) is 5.69 Å². The standard InChI is InChI=1S/C26H26N4O3S/c1-18-7-6-16-30(17-18)34(32,33)20-14-12-19(13-15-20)26(31)29-22-9-3-2-8-21(22)25-27-23-10-4-5-11-24(23)28-25/h2-5,8-15,18H,6-7,16-17H2,1H3,(H,27,28)(H,29,31)/t18-/m0/s1. The van der Waals surface area contributed by atoms with Crippen molar-refractivity contribution in [3.63, 3.8) is 0 Å². The van der Waals surface area contributed by atoms with Gasteiger partial charge >= 0.3 is 0 Å². The number of anilines is 1. The maximum atomic E-state index is 13.0. The number of imidazole rings is 1. The molecule has 1 atom stereocenters. The SMILES string of the molecule is C[C@H]1CCCN(S(=O)(=O)c2ccc(C(=O)Nc3ccccc3-c3nc4ccccc4[nH]3)cc2)C1. The van der Waals surface area contributed by atoms with Gasteiger partial charge in [-0.1, -0.05) is 31.2 Å². The Morgan fingerprint density at radius 1 is 1.03 bits per heavy atom. The first-order valence-electron chi connectivity index (χ1n) is 11.4. The van der Waals surface area contributed by atoms with Crippen LogP contribution in [0.3, 0.4) is 0 Å². The minimum Gasteiger partial charge on any atom is -0.338 e. The van der Waals surface area contributed by atoms with Gasteiger partial charge in [0.25, 0.3) is 5.91 Å². The summed E-state index contributed by atoms with van der Waals surface area (Å²) in [5, 5.41) is 2.94. The first-order valence-corrected chi connectivity index (χ1v) is 12.8. The summed E-state index contributed by atoms with van der Waals surface area (Å²) in [4.78, 5) is 21.1. The third-order valence-electron chi connectivity index (χ3n) is 6.19. The summed E-state index contributed by atoms with van der Waals surface area (Å²) in [6, 6.07) is 21.3. The normalized spacial score (nSPS) is 17.0. The highest BCUT2D eigenvalue weighted by atomic mass is 32.2. The van der Waals surface area contributed by atoms with Crippen LogP contribution in [-0.2, 0) is 10.0 Å². The van der Waals surface area contributed by atoms with Gasteiger partial charge in [0.2, 0.25) is 10.0 Å². The molecule has 0 aliphatic carbocycles. The van der Waals surface area contributed by atoms with Gasteiger partial charge in [0, 0.05) is 24.2 Å². The smallest absolute Gasteiger partial charge is 0.255 e. The predicted molar refractivity (Wildman–Crippen MR) is 133 cm³/mol. The molecule has 0 bridgehead atoms. The van der Waals surface area contributed by atoms with Crippen LogP contribution in [0.2, 0.25) is 0 Å². The van der Waals surface area contributed by atoms with Crippen LogP contribution in [0.15, 0.2) is 77.7 Å². The number of aromatic nitrogens is 2. The molecule has 8 heteroatoms. The summed E-state index contributed by atoms with van der Waals surface area (Å²) in [7, 11) is -3.56. The van der Waals surface area contributed by atoms with E-state index in [2.05, 4.69) is 22.2 Å². The highest BCUT2D eigenvalue weighted by Gasteiger charge is 2.28. The number of carbonyl (C=O) groups excluding carboxylic acids is 1.